The molecule has 0 unspecified atom stereocenters. The van der Waals surface area contributed by atoms with Crippen molar-refractivity contribution in [2.24, 2.45) is 5.73 Å². The molecule has 0 radical (unpaired) electrons. The summed E-state index contributed by atoms with van der Waals surface area (Å²) in [6.07, 6.45) is 0. The summed E-state index contributed by atoms with van der Waals surface area (Å²) >= 11 is 11.1. The molecule has 2 N–H and O–H groups in total. The third-order valence-electron chi connectivity index (χ3n) is 2.74. The number of nitrogens with two attached hydrogens (primary N) is 1. The first-order valence-electron chi connectivity index (χ1n) is 5.84. The van der Waals surface area contributed by atoms with Crippen LogP contribution in [0.15, 0.2) is 42.5 Å². The first-order valence-corrected chi connectivity index (χ1v) is 6.63. The van der Waals surface area contributed by atoms with Crippen molar-refractivity contribution < 1.29 is 4.74 Å². The zero-order valence-corrected chi connectivity index (χ0v) is 12.1. The van der Waals surface area contributed by atoms with Gasteiger partial charge >= 0.3 is 0 Å². The molecule has 98 valence electrons. The monoisotopic (exact) mass is 291 g/mol. The number of hydrogen-bond acceptors (Lipinski definition) is 2. The number of aryl methyl sites for hydroxylation is 1. The van der Waals surface area contributed by atoms with E-state index >= 15 is 0 Å². The van der Waals surface area contributed by atoms with Gasteiger partial charge in [-0.2, -0.15) is 0 Å². The summed E-state index contributed by atoms with van der Waals surface area (Å²) in [5.74, 6) is 0.679. The van der Waals surface area contributed by atoms with Gasteiger partial charge < -0.3 is 10.5 Å². The fourth-order valence-corrected chi connectivity index (χ4v) is 2.08. The van der Waals surface area contributed by atoms with Crippen LogP contribution in [0.2, 0.25) is 5.02 Å². The van der Waals surface area contributed by atoms with E-state index in [-0.39, 0.29) is 0 Å². The van der Waals surface area contributed by atoms with Crippen molar-refractivity contribution in [2.45, 2.75) is 13.5 Å². The molecule has 0 aliphatic heterocycles. The van der Waals surface area contributed by atoms with Crippen LogP contribution in [0, 0.1) is 6.92 Å². The van der Waals surface area contributed by atoms with E-state index in [4.69, 9.17) is 34.3 Å². The Hall–Kier alpha value is -1.58. The van der Waals surface area contributed by atoms with Gasteiger partial charge in [0.25, 0.3) is 0 Å². The third kappa shape index (κ3) is 3.46. The smallest absolute Gasteiger partial charge is 0.130 e. The van der Waals surface area contributed by atoms with Crippen molar-refractivity contribution in [3.8, 4) is 5.75 Å². The van der Waals surface area contributed by atoms with Crippen LogP contribution in [-0.2, 0) is 6.61 Å². The van der Waals surface area contributed by atoms with E-state index in [1.165, 1.54) is 0 Å². The highest BCUT2D eigenvalue weighted by Gasteiger charge is 2.08. The van der Waals surface area contributed by atoms with Crippen molar-refractivity contribution in [3.05, 3.63) is 64.2 Å². The van der Waals surface area contributed by atoms with E-state index in [1.807, 2.05) is 49.4 Å². The number of halogens is 1. The predicted octanol–water partition coefficient (Wildman–Crippen LogP) is 3.86. The van der Waals surface area contributed by atoms with Gasteiger partial charge in [0, 0.05) is 10.6 Å². The van der Waals surface area contributed by atoms with Crippen LogP contribution in [0.1, 0.15) is 16.7 Å². The van der Waals surface area contributed by atoms with E-state index in [1.54, 1.807) is 0 Å². The van der Waals surface area contributed by atoms with Crippen LogP contribution in [0.4, 0.5) is 0 Å². The average molecular weight is 292 g/mol. The lowest BCUT2D eigenvalue weighted by molar-refractivity contribution is 0.305. The molecule has 2 aromatic carbocycles. The van der Waals surface area contributed by atoms with Gasteiger partial charge in [-0.15, -0.1) is 0 Å². The first kappa shape index (κ1) is 13.8. The van der Waals surface area contributed by atoms with Gasteiger partial charge in [0.1, 0.15) is 17.3 Å². The predicted molar refractivity (Wildman–Crippen MR) is 82.9 cm³/mol. The molecule has 2 aromatic rings. The molecule has 0 aliphatic carbocycles. The fourth-order valence-electron chi connectivity index (χ4n) is 1.73. The topological polar surface area (TPSA) is 35.2 Å². The normalized spacial score (nSPS) is 10.2. The largest absolute Gasteiger partial charge is 0.488 e. The van der Waals surface area contributed by atoms with E-state index in [0.29, 0.717) is 22.4 Å². The minimum absolute atomic E-state index is 0.331. The molecule has 19 heavy (non-hydrogen) atoms. The molecule has 0 spiro atoms. The Kier molecular flexibility index (Phi) is 4.40. The zero-order valence-electron chi connectivity index (χ0n) is 10.5. The third-order valence-corrected chi connectivity index (χ3v) is 3.33. The van der Waals surface area contributed by atoms with Gasteiger partial charge in [0.15, 0.2) is 0 Å². The number of hydrogen-bond donors (Lipinski definition) is 1. The van der Waals surface area contributed by atoms with Gasteiger partial charge in [-0.25, -0.2) is 0 Å². The Morgan fingerprint density at radius 1 is 1.26 bits per heavy atom. The van der Waals surface area contributed by atoms with Gasteiger partial charge in [0.05, 0.1) is 5.56 Å². The van der Waals surface area contributed by atoms with Crippen molar-refractivity contribution in [1.82, 2.24) is 0 Å². The summed E-state index contributed by atoms with van der Waals surface area (Å²) in [6.45, 7) is 2.37. The van der Waals surface area contributed by atoms with Crippen molar-refractivity contribution in [3.63, 3.8) is 0 Å². The van der Waals surface area contributed by atoms with Crippen molar-refractivity contribution in [1.29, 1.82) is 0 Å². The molecule has 0 heterocycles. The molecule has 0 fully saturated rings. The molecule has 0 atom stereocenters. The highest BCUT2D eigenvalue weighted by atomic mass is 35.5. The number of ether oxygens (including phenoxy) is 1. The highest BCUT2D eigenvalue weighted by Crippen LogP contribution is 2.23. The van der Waals surface area contributed by atoms with E-state index < -0.39 is 0 Å². The van der Waals surface area contributed by atoms with Crippen LogP contribution >= 0.6 is 23.8 Å². The van der Waals surface area contributed by atoms with E-state index in [2.05, 4.69) is 0 Å². The molecule has 0 saturated heterocycles. The van der Waals surface area contributed by atoms with E-state index in [9.17, 15) is 0 Å². The standard InChI is InChI=1S/C15H14ClNOS/c1-10-6-7-14(12(8-10)15(17)19)18-9-11-4-2-3-5-13(11)16/h2-8H,9H2,1H3,(H2,17,19). The second kappa shape index (κ2) is 6.04. The Bertz CT molecular complexity index is 613. The molecule has 4 heteroatoms. The molecule has 2 rings (SSSR count). The maximum absolute atomic E-state index is 6.09. The minimum atomic E-state index is 0.331. The maximum atomic E-state index is 6.09. The molecule has 2 nitrogen and oxygen atoms in total. The summed E-state index contributed by atoms with van der Waals surface area (Å²) in [6, 6.07) is 13.3. The summed E-state index contributed by atoms with van der Waals surface area (Å²) in [7, 11) is 0. The van der Waals surface area contributed by atoms with Gasteiger partial charge in [0.2, 0.25) is 0 Å². The lowest BCUT2D eigenvalue weighted by Crippen LogP contribution is -2.12. The van der Waals surface area contributed by atoms with Crippen LogP contribution < -0.4 is 10.5 Å². The maximum Gasteiger partial charge on any atom is 0.130 e. The van der Waals surface area contributed by atoms with Gasteiger partial charge in [-0.05, 0) is 25.1 Å². The average Bonchev–Trinajstić information content (AvgIpc) is 2.38. The number of benzene rings is 2. The Balaban J connectivity index is 2.20. The Morgan fingerprint density at radius 2 is 2.00 bits per heavy atom. The van der Waals surface area contributed by atoms with Crippen LogP contribution in [0.3, 0.4) is 0 Å². The second-order valence-corrected chi connectivity index (χ2v) is 5.09. The Labute approximate surface area is 123 Å². The van der Waals surface area contributed by atoms with Gasteiger partial charge in [-0.1, -0.05) is 53.6 Å². The lowest BCUT2D eigenvalue weighted by atomic mass is 10.1. The molecule has 0 aliphatic rings. The van der Waals surface area contributed by atoms with Crippen molar-refractivity contribution >= 4 is 28.8 Å². The van der Waals surface area contributed by atoms with E-state index in [0.717, 1.165) is 16.7 Å². The molecule has 0 amide bonds. The summed E-state index contributed by atoms with van der Waals surface area (Å²) in [5.41, 5.74) is 8.48. The van der Waals surface area contributed by atoms with Gasteiger partial charge in [-0.3, -0.25) is 0 Å². The van der Waals surface area contributed by atoms with Crippen LogP contribution in [0.25, 0.3) is 0 Å². The summed E-state index contributed by atoms with van der Waals surface area (Å²) < 4.78 is 5.77. The SMILES string of the molecule is Cc1ccc(OCc2ccccc2Cl)c(C(N)=S)c1. The molecular weight excluding hydrogens is 278 g/mol. The molecule has 0 aromatic heterocycles. The molecule has 0 saturated carbocycles. The van der Waals surface area contributed by atoms with Crippen LogP contribution in [0.5, 0.6) is 5.75 Å². The number of thiocarbonyl (C=S) groups is 1. The first-order chi connectivity index (χ1) is 9.08. The second-order valence-electron chi connectivity index (χ2n) is 4.24. The number of rotatable bonds is 4. The lowest BCUT2D eigenvalue weighted by Gasteiger charge is -2.12. The quantitative estimate of drug-likeness (QED) is 0.869. The summed E-state index contributed by atoms with van der Waals surface area (Å²) in [4.78, 5) is 0.331. The molecular formula is C15H14ClNOS. The zero-order chi connectivity index (χ0) is 13.8. The highest BCUT2D eigenvalue weighted by molar-refractivity contribution is 7.80. The minimum Gasteiger partial charge on any atom is -0.488 e. The fraction of sp³-hybridized carbons (Fsp3) is 0.133. The molecule has 0 bridgehead atoms. The summed E-state index contributed by atoms with van der Waals surface area (Å²) in [5, 5.41) is 0.687. The van der Waals surface area contributed by atoms with Crippen LogP contribution in [-0.4, -0.2) is 4.99 Å². The Morgan fingerprint density at radius 3 is 2.68 bits per heavy atom. The van der Waals surface area contributed by atoms with Crippen molar-refractivity contribution in [2.75, 3.05) is 0 Å².